The summed E-state index contributed by atoms with van der Waals surface area (Å²) in [5.74, 6) is 0.222. The van der Waals surface area contributed by atoms with Crippen LogP contribution in [0.2, 0.25) is 0 Å². The summed E-state index contributed by atoms with van der Waals surface area (Å²) < 4.78 is 0. The van der Waals surface area contributed by atoms with Crippen molar-refractivity contribution in [2.24, 2.45) is 5.41 Å². The molecule has 0 saturated heterocycles. The highest BCUT2D eigenvalue weighted by Gasteiger charge is 2.29. The van der Waals surface area contributed by atoms with Crippen LogP contribution in [0.25, 0.3) is 0 Å². The number of nitrogens with zero attached hydrogens (tertiary/aromatic N) is 1. The average molecular weight is 310 g/mol. The van der Waals surface area contributed by atoms with E-state index in [1.54, 1.807) is 0 Å². The van der Waals surface area contributed by atoms with Crippen LogP contribution in [-0.4, -0.2) is 23.0 Å². The van der Waals surface area contributed by atoms with E-state index >= 15 is 0 Å². The maximum Gasteiger partial charge on any atom is 0.265 e. The number of hydrogen-bond acceptors (Lipinski definition) is 5. The molecular weight excluding hydrogens is 284 g/mol. The molecule has 4 N–H and O–H groups in total. The summed E-state index contributed by atoms with van der Waals surface area (Å²) in [6.07, 6.45) is 4.46. The summed E-state index contributed by atoms with van der Waals surface area (Å²) in [6.45, 7) is 8.58. The fourth-order valence-corrected chi connectivity index (χ4v) is 3.81. The van der Waals surface area contributed by atoms with Gasteiger partial charge in [-0.3, -0.25) is 4.79 Å². The first-order valence-corrected chi connectivity index (χ1v) is 8.42. The third kappa shape index (κ3) is 4.33. The van der Waals surface area contributed by atoms with Gasteiger partial charge < -0.3 is 16.4 Å². The lowest BCUT2D eigenvalue weighted by Gasteiger charge is -2.35. The molecule has 1 fully saturated rings. The van der Waals surface area contributed by atoms with Crippen LogP contribution in [0.1, 0.15) is 63.0 Å². The molecule has 0 spiro atoms. The first-order valence-electron chi connectivity index (χ1n) is 7.60. The zero-order chi connectivity index (χ0) is 15.6. The van der Waals surface area contributed by atoms with Gasteiger partial charge in [-0.05, 0) is 38.5 Å². The van der Waals surface area contributed by atoms with Gasteiger partial charge in [-0.2, -0.15) is 0 Å². The molecular formula is C15H26N4OS. The van der Waals surface area contributed by atoms with E-state index in [0.717, 1.165) is 19.3 Å². The predicted octanol–water partition coefficient (Wildman–Crippen LogP) is 3.24. The van der Waals surface area contributed by atoms with Crippen molar-refractivity contribution >= 4 is 28.2 Å². The highest BCUT2D eigenvalue weighted by atomic mass is 32.1. The lowest BCUT2D eigenvalue weighted by molar-refractivity contribution is 0.0907. The van der Waals surface area contributed by atoms with Gasteiger partial charge in [-0.15, -0.1) is 0 Å². The highest BCUT2D eigenvalue weighted by Crippen LogP contribution is 2.35. The third-order valence-electron chi connectivity index (χ3n) is 3.81. The summed E-state index contributed by atoms with van der Waals surface area (Å²) in [7, 11) is 0. The fourth-order valence-electron chi connectivity index (χ4n) is 2.88. The van der Waals surface area contributed by atoms with Gasteiger partial charge in [-0.1, -0.05) is 31.6 Å². The summed E-state index contributed by atoms with van der Waals surface area (Å²) in [5.41, 5.74) is 6.18. The zero-order valence-corrected chi connectivity index (χ0v) is 14.1. The van der Waals surface area contributed by atoms with Crippen molar-refractivity contribution in [3.63, 3.8) is 0 Å². The van der Waals surface area contributed by atoms with Gasteiger partial charge in [0.2, 0.25) is 0 Å². The molecule has 1 unspecified atom stereocenters. The number of hydrogen-bond donors (Lipinski definition) is 3. The minimum absolute atomic E-state index is 0.0930. The molecule has 21 heavy (non-hydrogen) atoms. The lowest BCUT2D eigenvalue weighted by atomic mass is 9.75. The van der Waals surface area contributed by atoms with Crippen molar-refractivity contribution in [2.75, 3.05) is 11.1 Å². The number of aromatic nitrogens is 1. The summed E-state index contributed by atoms with van der Waals surface area (Å²) in [6, 6.07) is 0.509. The Morgan fingerprint density at radius 3 is 2.81 bits per heavy atom. The summed E-state index contributed by atoms with van der Waals surface area (Å²) in [4.78, 5) is 17.1. The van der Waals surface area contributed by atoms with Crippen LogP contribution < -0.4 is 16.4 Å². The van der Waals surface area contributed by atoms with Gasteiger partial charge in [0, 0.05) is 12.1 Å². The van der Waals surface area contributed by atoms with Crippen molar-refractivity contribution in [2.45, 2.75) is 65.5 Å². The van der Waals surface area contributed by atoms with Crippen molar-refractivity contribution in [3.8, 4) is 0 Å². The number of amides is 1. The number of carbonyl (C=O) groups excluding carboxylic acids is 1. The lowest BCUT2D eigenvalue weighted by Crippen LogP contribution is -2.40. The predicted molar refractivity (Wildman–Crippen MR) is 88.8 cm³/mol. The molecule has 1 aliphatic carbocycles. The van der Waals surface area contributed by atoms with Gasteiger partial charge in [0.1, 0.15) is 10.7 Å². The number of thiazole rings is 1. The summed E-state index contributed by atoms with van der Waals surface area (Å²) in [5, 5.41) is 7.01. The first-order chi connectivity index (χ1) is 9.77. The summed E-state index contributed by atoms with van der Waals surface area (Å²) >= 11 is 1.33. The molecule has 1 amide bonds. The molecule has 1 aromatic heterocycles. The molecule has 1 atom stereocenters. The zero-order valence-electron chi connectivity index (χ0n) is 13.3. The Morgan fingerprint density at radius 2 is 2.19 bits per heavy atom. The van der Waals surface area contributed by atoms with E-state index < -0.39 is 0 Å². The second-order valence-corrected chi connectivity index (χ2v) is 7.96. The Labute approximate surface area is 130 Å². The second-order valence-electron chi connectivity index (χ2n) is 6.96. The number of carbonyl (C=O) groups is 1. The van der Waals surface area contributed by atoms with E-state index in [2.05, 4.69) is 29.5 Å². The quantitative estimate of drug-likeness (QED) is 0.797. The van der Waals surface area contributed by atoms with E-state index in [1.165, 1.54) is 17.8 Å². The van der Waals surface area contributed by atoms with Crippen molar-refractivity contribution in [1.29, 1.82) is 0 Å². The molecule has 1 aliphatic rings. The maximum atomic E-state index is 12.4. The smallest absolute Gasteiger partial charge is 0.265 e. The Balaban J connectivity index is 2.01. The molecule has 2 rings (SSSR count). The molecule has 0 aliphatic heterocycles. The minimum atomic E-state index is -0.0930. The Kier molecular flexibility index (Phi) is 4.76. The average Bonchev–Trinajstić information content (AvgIpc) is 2.67. The Morgan fingerprint density at radius 1 is 1.48 bits per heavy atom. The monoisotopic (exact) mass is 310 g/mol. The van der Waals surface area contributed by atoms with Crippen molar-refractivity contribution in [1.82, 2.24) is 10.3 Å². The van der Waals surface area contributed by atoms with E-state index in [9.17, 15) is 4.79 Å². The normalized spacial score (nSPS) is 21.3. The fraction of sp³-hybridized carbons (Fsp3) is 0.733. The van der Waals surface area contributed by atoms with Crippen LogP contribution in [0, 0.1) is 5.41 Å². The topological polar surface area (TPSA) is 80.0 Å². The highest BCUT2D eigenvalue weighted by molar-refractivity contribution is 7.18. The molecule has 0 bridgehead atoms. The standard InChI is InChI=1S/C15H26N4OS/c1-9(2)17-14-19-12(16)11(21-14)13(20)18-10-6-5-7-15(3,4)8-10/h9-10H,5-8,16H2,1-4H3,(H,17,19)(H,18,20). The number of nitrogens with one attached hydrogen (secondary N) is 2. The van der Waals surface area contributed by atoms with Crippen LogP contribution in [0.5, 0.6) is 0 Å². The van der Waals surface area contributed by atoms with Gasteiger partial charge in [0.15, 0.2) is 5.13 Å². The van der Waals surface area contributed by atoms with Crippen LogP contribution in [0.3, 0.4) is 0 Å². The molecule has 5 nitrogen and oxygen atoms in total. The van der Waals surface area contributed by atoms with E-state index in [0.29, 0.717) is 21.2 Å². The van der Waals surface area contributed by atoms with Crippen molar-refractivity contribution in [3.05, 3.63) is 4.88 Å². The number of nitrogens with two attached hydrogens (primary N) is 1. The minimum Gasteiger partial charge on any atom is -0.382 e. The number of anilines is 2. The van der Waals surface area contributed by atoms with Crippen LogP contribution in [-0.2, 0) is 0 Å². The van der Waals surface area contributed by atoms with Crippen LogP contribution in [0.15, 0.2) is 0 Å². The van der Waals surface area contributed by atoms with Gasteiger partial charge >= 0.3 is 0 Å². The molecule has 1 heterocycles. The van der Waals surface area contributed by atoms with Gasteiger partial charge in [0.05, 0.1) is 0 Å². The van der Waals surface area contributed by atoms with Gasteiger partial charge in [0.25, 0.3) is 5.91 Å². The molecule has 1 aromatic rings. The first kappa shape index (κ1) is 16.1. The third-order valence-corrected chi connectivity index (χ3v) is 4.81. The Hall–Kier alpha value is -1.30. The number of nitrogen functional groups attached to an aromatic ring is 1. The van der Waals surface area contributed by atoms with Crippen LogP contribution >= 0.6 is 11.3 Å². The molecule has 6 heteroatoms. The number of rotatable bonds is 4. The van der Waals surface area contributed by atoms with Gasteiger partial charge in [-0.25, -0.2) is 4.98 Å². The SMILES string of the molecule is CC(C)Nc1nc(N)c(C(=O)NC2CCCC(C)(C)C2)s1. The second kappa shape index (κ2) is 6.22. The molecule has 0 aromatic carbocycles. The largest absolute Gasteiger partial charge is 0.382 e. The molecule has 1 saturated carbocycles. The molecule has 118 valence electrons. The van der Waals surface area contributed by atoms with Crippen molar-refractivity contribution < 1.29 is 4.79 Å². The van der Waals surface area contributed by atoms with E-state index in [4.69, 9.17) is 5.73 Å². The van der Waals surface area contributed by atoms with E-state index in [-0.39, 0.29) is 18.0 Å². The molecule has 0 radical (unpaired) electrons. The van der Waals surface area contributed by atoms with Crippen LogP contribution in [0.4, 0.5) is 10.9 Å². The maximum absolute atomic E-state index is 12.4. The van der Waals surface area contributed by atoms with E-state index in [1.807, 2.05) is 13.8 Å². The Bertz CT molecular complexity index is 510.